The minimum absolute atomic E-state index is 0.0160. The van der Waals surface area contributed by atoms with Gasteiger partial charge in [-0.2, -0.15) is 0 Å². The van der Waals surface area contributed by atoms with Gasteiger partial charge in [-0.3, -0.25) is 4.79 Å². The molecular formula is C18H24N2O3S. The topological polar surface area (TPSA) is 71.5 Å². The van der Waals surface area contributed by atoms with E-state index >= 15 is 0 Å². The van der Waals surface area contributed by atoms with E-state index in [-0.39, 0.29) is 24.7 Å². The number of carbonyl (C=O) groups is 1. The van der Waals surface area contributed by atoms with Crippen molar-refractivity contribution in [2.24, 2.45) is 0 Å². The van der Waals surface area contributed by atoms with Crippen molar-refractivity contribution in [2.75, 3.05) is 6.61 Å². The van der Waals surface area contributed by atoms with Crippen molar-refractivity contribution in [1.29, 1.82) is 0 Å². The molecule has 24 heavy (non-hydrogen) atoms. The van der Waals surface area contributed by atoms with Gasteiger partial charge < -0.3 is 15.2 Å². The monoisotopic (exact) mass is 348 g/mol. The van der Waals surface area contributed by atoms with E-state index in [1.54, 1.807) is 5.38 Å². The summed E-state index contributed by atoms with van der Waals surface area (Å²) in [4.78, 5) is 16.6. The van der Waals surface area contributed by atoms with E-state index in [1.807, 2.05) is 45.0 Å². The number of aliphatic hydroxyl groups is 1. The molecule has 1 aromatic carbocycles. The van der Waals surface area contributed by atoms with Crippen LogP contribution in [0.1, 0.15) is 44.1 Å². The summed E-state index contributed by atoms with van der Waals surface area (Å²) in [5.74, 6) is 0.642. The lowest BCUT2D eigenvalue weighted by atomic mass is 10.2. The Morgan fingerprint density at radius 1 is 1.29 bits per heavy atom. The Balaban J connectivity index is 2.00. The summed E-state index contributed by atoms with van der Waals surface area (Å²) in [6, 6.07) is 7.73. The number of hydrogen-bond acceptors (Lipinski definition) is 5. The Labute approximate surface area is 146 Å². The molecule has 1 atom stereocenters. The van der Waals surface area contributed by atoms with Crippen LogP contribution in [0.2, 0.25) is 0 Å². The molecule has 0 saturated heterocycles. The molecule has 2 rings (SSSR count). The number of amides is 1. The molecule has 0 unspecified atom stereocenters. The first kappa shape index (κ1) is 18.4. The Hall–Kier alpha value is -1.92. The fourth-order valence-electron chi connectivity index (χ4n) is 2.23. The molecule has 0 spiro atoms. The molecule has 0 aliphatic carbocycles. The summed E-state index contributed by atoms with van der Waals surface area (Å²) in [6.45, 7) is 6.04. The zero-order chi connectivity index (χ0) is 17.5. The van der Waals surface area contributed by atoms with Crippen molar-refractivity contribution in [2.45, 2.75) is 45.8 Å². The van der Waals surface area contributed by atoms with Crippen LogP contribution in [0.3, 0.4) is 0 Å². The maximum absolute atomic E-state index is 12.2. The second-order valence-electron chi connectivity index (χ2n) is 5.97. The van der Waals surface area contributed by atoms with Crippen molar-refractivity contribution in [3.63, 3.8) is 0 Å². The van der Waals surface area contributed by atoms with Crippen LogP contribution in [0, 0.1) is 0 Å². The summed E-state index contributed by atoms with van der Waals surface area (Å²) >= 11 is 1.44. The lowest BCUT2D eigenvalue weighted by molar-refractivity contribution is 0.0932. The average Bonchev–Trinajstić information content (AvgIpc) is 3.03. The largest absolute Gasteiger partial charge is 0.491 e. The van der Waals surface area contributed by atoms with Crippen molar-refractivity contribution in [3.8, 4) is 16.3 Å². The summed E-state index contributed by atoms with van der Waals surface area (Å²) in [6.07, 6.45) is 1.56. The number of aliphatic hydroxyl groups excluding tert-OH is 1. The van der Waals surface area contributed by atoms with Crippen LogP contribution in [-0.4, -0.2) is 34.8 Å². The number of rotatable bonds is 8. The van der Waals surface area contributed by atoms with Crippen LogP contribution >= 0.6 is 11.3 Å². The predicted molar refractivity (Wildman–Crippen MR) is 96.6 cm³/mol. The van der Waals surface area contributed by atoms with Gasteiger partial charge in [-0.1, -0.05) is 0 Å². The third kappa shape index (κ3) is 5.32. The number of aromatic nitrogens is 1. The quantitative estimate of drug-likeness (QED) is 0.766. The number of nitrogens with one attached hydrogen (secondary N) is 1. The van der Waals surface area contributed by atoms with Crippen LogP contribution in [-0.2, 0) is 0 Å². The Kier molecular flexibility index (Phi) is 6.75. The number of thiazole rings is 1. The minimum atomic E-state index is -0.178. The van der Waals surface area contributed by atoms with Gasteiger partial charge in [0.15, 0.2) is 0 Å². The van der Waals surface area contributed by atoms with Crippen LogP contribution in [0.5, 0.6) is 5.75 Å². The molecule has 0 radical (unpaired) electrons. The Morgan fingerprint density at radius 2 is 2.00 bits per heavy atom. The van der Waals surface area contributed by atoms with Gasteiger partial charge >= 0.3 is 0 Å². The van der Waals surface area contributed by atoms with E-state index in [9.17, 15) is 4.79 Å². The molecule has 5 nitrogen and oxygen atoms in total. The van der Waals surface area contributed by atoms with E-state index < -0.39 is 0 Å². The molecule has 2 N–H and O–H groups in total. The van der Waals surface area contributed by atoms with Gasteiger partial charge in [0.25, 0.3) is 5.91 Å². The van der Waals surface area contributed by atoms with E-state index in [0.717, 1.165) is 22.7 Å². The third-order valence-electron chi connectivity index (χ3n) is 3.38. The van der Waals surface area contributed by atoms with Gasteiger partial charge in [0.2, 0.25) is 0 Å². The SMILES string of the molecule is CC(C)Oc1ccc(-c2nc(C(=O)N[C@@H](C)CCCO)cs2)cc1. The molecule has 0 aliphatic heterocycles. The molecule has 0 fully saturated rings. The molecular weight excluding hydrogens is 324 g/mol. The zero-order valence-electron chi connectivity index (χ0n) is 14.3. The molecule has 130 valence electrons. The van der Waals surface area contributed by atoms with Crippen molar-refractivity contribution in [1.82, 2.24) is 10.3 Å². The lowest BCUT2D eigenvalue weighted by Gasteiger charge is -2.11. The maximum atomic E-state index is 12.2. The summed E-state index contributed by atoms with van der Waals surface area (Å²) in [5, 5.41) is 14.3. The fraction of sp³-hybridized carbons (Fsp3) is 0.444. The van der Waals surface area contributed by atoms with Crippen LogP contribution < -0.4 is 10.1 Å². The highest BCUT2D eigenvalue weighted by Crippen LogP contribution is 2.26. The first-order valence-corrected chi connectivity index (χ1v) is 9.02. The highest BCUT2D eigenvalue weighted by atomic mass is 32.1. The van der Waals surface area contributed by atoms with E-state index in [0.29, 0.717) is 12.1 Å². The van der Waals surface area contributed by atoms with E-state index in [4.69, 9.17) is 9.84 Å². The Morgan fingerprint density at radius 3 is 2.62 bits per heavy atom. The zero-order valence-corrected chi connectivity index (χ0v) is 15.1. The van der Waals surface area contributed by atoms with Crippen LogP contribution in [0.4, 0.5) is 0 Å². The second-order valence-corrected chi connectivity index (χ2v) is 6.83. The van der Waals surface area contributed by atoms with Crippen LogP contribution in [0.15, 0.2) is 29.6 Å². The minimum Gasteiger partial charge on any atom is -0.491 e. The van der Waals surface area contributed by atoms with Gasteiger partial charge in [0, 0.05) is 23.6 Å². The van der Waals surface area contributed by atoms with Gasteiger partial charge in [-0.25, -0.2) is 4.98 Å². The molecule has 6 heteroatoms. The molecule has 1 amide bonds. The Bertz CT molecular complexity index is 653. The van der Waals surface area contributed by atoms with Crippen LogP contribution in [0.25, 0.3) is 10.6 Å². The number of nitrogens with zero attached hydrogens (tertiary/aromatic N) is 1. The van der Waals surface area contributed by atoms with Gasteiger partial charge in [-0.15, -0.1) is 11.3 Å². The standard InChI is InChI=1S/C18H24N2O3S/c1-12(2)23-15-8-6-14(7-9-15)18-20-16(11-24-18)17(22)19-13(3)5-4-10-21/h6-9,11-13,21H,4-5,10H2,1-3H3,(H,19,22)/t13-/m0/s1. The molecule has 1 aromatic heterocycles. The summed E-state index contributed by atoms with van der Waals surface area (Å²) in [5.41, 5.74) is 1.39. The normalized spacial score (nSPS) is 12.2. The summed E-state index contributed by atoms with van der Waals surface area (Å²) < 4.78 is 5.63. The van der Waals surface area contributed by atoms with Crippen molar-refractivity contribution < 1.29 is 14.6 Å². The lowest BCUT2D eigenvalue weighted by Crippen LogP contribution is -2.32. The summed E-state index contributed by atoms with van der Waals surface area (Å²) in [7, 11) is 0. The smallest absolute Gasteiger partial charge is 0.270 e. The second kappa shape index (κ2) is 8.80. The molecule has 2 aromatic rings. The molecule has 0 saturated carbocycles. The van der Waals surface area contributed by atoms with E-state index in [2.05, 4.69) is 10.3 Å². The van der Waals surface area contributed by atoms with Crippen molar-refractivity contribution >= 4 is 17.2 Å². The van der Waals surface area contributed by atoms with Crippen molar-refractivity contribution in [3.05, 3.63) is 35.3 Å². The number of benzene rings is 1. The highest BCUT2D eigenvalue weighted by molar-refractivity contribution is 7.13. The molecule has 1 heterocycles. The first-order valence-electron chi connectivity index (χ1n) is 8.14. The van der Waals surface area contributed by atoms with Gasteiger partial charge in [-0.05, 0) is 57.9 Å². The van der Waals surface area contributed by atoms with Gasteiger partial charge in [0.1, 0.15) is 16.5 Å². The first-order chi connectivity index (χ1) is 11.5. The van der Waals surface area contributed by atoms with Gasteiger partial charge in [0.05, 0.1) is 6.10 Å². The molecule has 0 bridgehead atoms. The molecule has 0 aliphatic rings. The predicted octanol–water partition coefficient (Wildman–Crippen LogP) is 3.49. The maximum Gasteiger partial charge on any atom is 0.270 e. The number of carbonyl (C=O) groups excluding carboxylic acids is 1. The average molecular weight is 348 g/mol. The third-order valence-corrected chi connectivity index (χ3v) is 4.27. The fourth-order valence-corrected chi connectivity index (χ4v) is 3.03. The van der Waals surface area contributed by atoms with E-state index in [1.165, 1.54) is 11.3 Å². The number of ether oxygens (including phenoxy) is 1. The number of hydrogen-bond donors (Lipinski definition) is 2. The highest BCUT2D eigenvalue weighted by Gasteiger charge is 2.14.